The van der Waals surface area contributed by atoms with Gasteiger partial charge in [-0.15, -0.1) is 0 Å². The highest BCUT2D eigenvalue weighted by Gasteiger charge is 2.38. The maximum atomic E-state index is 11.7. The zero-order valence-corrected chi connectivity index (χ0v) is 9.44. The Hall–Kier alpha value is -0.630. The van der Waals surface area contributed by atoms with Crippen LogP contribution in [0.5, 0.6) is 0 Å². The Labute approximate surface area is 96.6 Å². The van der Waals surface area contributed by atoms with Crippen LogP contribution in [-0.2, 0) is 4.79 Å². The second-order valence-corrected chi connectivity index (χ2v) is 4.61. The first-order chi connectivity index (χ1) is 8.22. The highest BCUT2D eigenvalue weighted by Crippen LogP contribution is 2.34. The molecular weight excluding hydrogens is 188 g/mol. The van der Waals surface area contributed by atoms with Crippen molar-refractivity contribution < 1.29 is 14.0 Å². The fourth-order valence-electron chi connectivity index (χ4n) is 2.34. The van der Waals surface area contributed by atoms with E-state index in [9.17, 15) is 9.90 Å². The summed E-state index contributed by atoms with van der Waals surface area (Å²) in [5.41, 5.74) is 0. The third-order valence-corrected chi connectivity index (χ3v) is 3.41. The van der Waals surface area contributed by atoms with E-state index in [-0.39, 0.29) is 23.5 Å². The first-order valence-corrected chi connectivity index (χ1v) is 5.61. The van der Waals surface area contributed by atoms with Crippen molar-refractivity contribution in [1.29, 1.82) is 0 Å². The second kappa shape index (κ2) is 5.45. The molecule has 86 valence electrons. The number of aliphatic hydroxyl groups is 1. The lowest BCUT2D eigenvalue weighted by atomic mass is 9.83. The maximum Gasteiger partial charge on any atom is 0.138 e. The lowest BCUT2D eigenvalue weighted by Crippen LogP contribution is -2.33. The predicted octanol–water partition coefficient (Wildman–Crippen LogP) is 2.56. The van der Waals surface area contributed by atoms with E-state index in [4.69, 9.17) is 4.11 Å². The van der Waals surface area contributed by atoms with Gasteiger partial charge in [-0.2, -0.15) is 0 Å². The second-order valence-electron chi connectivity index (χ2n) is 4.61. The van der Waals surface area contributed by atoms with Crippen molar-refractivity contribution in [2.45, 2.75) is 46.1 Å². The van der Waals surface area contributed by atoms with Gasteiger partial charge in [0.2, 0.25) is 0 Å². The van der Waals surface area contributed by atoms with Crippen LogP contribution in [0, 0.1) is 17.8 Å². The standard InChI is InChI=1S/C13H22O2/c1-4-5-6-10(3)13(15)12-9(2)7-8-11(12)14/h4-5,9-10,12-13,15H,6-8H2,1-3H3/b5-4+/t9?,10-,12-,13-/m1/s1/i1D3. The van der Waals surface area contributed by atoms with Crippen LogP contribution in [0.2, 0.25) is 0 Å². The lowest BCUT2D eigenvalue weighted by molar-refractivity contribution is -0.125. The predicted molar refractivity (Wildman–Crippen MR) is 61.5 cm³/mol. The molecule has 0 amide bonds. The minimum Gasteiger partial charge on any atom is -0.392 e. The number of rotatable bonds is 4. The van der Waals surface area contributed by atoms with Gasteiger partial charge < -0.3 is 5.11 Å². The minimum absolute atomic E-state index is 0.0990. The molecule has 0 aromatic carbocycles. The Morgan fingerprint density at radius 2 is 2.47 bits per heavy atom. The molecule has 2 heteroatoms. The Bertz CT molecular complexity index is 323. The summed E-state index contributed by atoms with van der Waals surface area (Å²) < 4.78 is 21.1. The molecule has 0 radical (unpaired) electrons. The SMILES string of the molecule is [2H]C([2H])([2H])/C=C/C[C@@H](C)[C@@H](O)[C@H]1C(=O)CCC1C. The van der Waals surface area contributed by atoms with Crippen molar-refractivity contribution in [3.8, 4) is 0 Å². The number of ketones is 1. The molecule has 0 aromatic rings. The van der Waals surface area contributed by atoms with Crippen molar-refractivity contribution in [2.75, 3.05) is 0 Å². The number of hydrogen-bond acceptors (Lipinski definition) is 2. The van der Waals surface area contributed by atoms with Gasteiger partial charge in [-0.05, 0) is 31.5 Å². The van der Waals surface area contributed by atoms with Crippen LogP contribution in [-0.4, -0.2) is 17.0 Å². The summed E-state index contributed by atoms with van der Waals surface area (Å²) in [6.45, 7) is 1.78. The van der Waals surface area contributed by atoms with Crippen LogP contribution in [0.25, 0.3) is 0 Å². The molecule has 0 aromatic heterocycles. The first kappa shape index (κ1) is 8.51. The monoisotopic (exact) mass is 213 g/mol. The Morgan fingerprint density at radius 1 is 1.73 bits per heavy atom. The van der Waals surface area contributed by atoms with Gasteiger partial charge in [0.15, 0.2) is 0 Å². The molecule has 1 rings (SSSR count). The molecule has 15 heavy (non-hydrogen) atoms. The van der Waals surface area contributed by atoms with E-state index in [2.05, 4.69) is 0 Å². The molecule has 0 aliphatic heterocycles. The first-order valence-electron chi connectivity index (χ1n) is 7.11. The van der Waals surface area contributed by atoms with E-state index in [0.717, 1.165) is 6.42 Å². The number of carbonyl (C=O) groups excluding carboxylic acids is 1. The minimum atomic E-state index is -2.07. The van der Waals surface area contributed by atoms with Crippen molar-refractivity contribution >= 4 is 5.78 Å². The molecule has 0 bridgehead atoms. The Kier molecular flexibility index (Phi) is 3.09. The number of Topliss-reactive ketones (excluding diaryl/α,β-unsaturated/α-hetero) is 1. The summed E-state index contributed by atoms with van der Waals surface area (Å²) in [5, 5.41) is 10.2. The van der Waals surface area contributed by atoms with Crippen molar-refractivity contribution in [3.63, 3.8) is 0 Å². The van der Waals surface area contributed by atoms with Gasteiger partial charge >= 0.3 is 0 Å². The van der Waals surface area contributed by atoms with Gasteiger partial charge in [-0.25, -0.2) is 0 Å². The van der Waals surface area contributed by atoms with E-state index in [1.54, 1.807) is 6.08 Å². The average Bonchev–Trinajstić information content (AvgIpc) is 2.55. The number of allylic oxidation sites excluding steroid dienone is 2. The van der Waals surface area contributed by atoms with Crippen molar-refractivity contribution in [2.24, 2.45) is 17.8 Å². The number of hydrogen-bond donors (Lipinski definition) is 1. The molecule has 1 aliphatic rings. The van der Waals surface area contributed by atoms with Crippen molar-refractivity contribution in [1.82, 2.24) is 0 Å². The Balaban J connectivity index is 2.53. The summed E-state index contributed by atoms with van der Waals surface area (Å²) in [5.74, 6) is -0.0116. The normalized spacial score (nSPS) is 34.9. The van der Waals surface area contributed by atoms with Gasteiger partial charge in [-0.3, -0.25) is 4.79 Å². The summed E-state index contributed by atoms with van der Waals surface area (Å²) in [7, 11) is 0. The van der Waals surface area contributed by atoms with E-state index < -0.39 is 13.0 Å². The molecule has 1 unspecified atom stereocenters. The highest BCUT2D eigenvalue weighted by atomic mass is 16.3. The van der Waals surface area contributed by atoms with Gasteiger partial charge in [-0.1, -0.05) is 26.0 Å². The average molecular weight is 213 g/mol. The molecule has 1 saturated carbocycles. The van der Waals surface area contributed by atoms with E-state index in [1.807, 2.05) is 13.8 Å². The fraction of sp³-hybridized carbons (Fsp3) is 0.769. The quantitative estimate of drug-likeness (QED) is 0.729. The molecule has 0 spiro atoms. The van der Waals surface area contributed by atoms with Crippen LogP contribution in [0.15, 0.2) is 12.2 Å². The lowest BCUT2D eigenvalue weighted by Gasteiger charge is -2.25. The van der Waals surface area contributed by atoms with Crippen LogP contribution in [0.1, 0.15) is 44.1 Å². The summed E-state index contributed by atoms with van der Waals surface area (Å²) >= 11 is 0. The topological polar surface area (TPSA) is 37.3 Å². The maximum absolute atomic E-state index is 11.7. The molecule has 0 heterocycles. The molecule has 1 N–H and O–H groups in total. The molecule has 1 fully saturated rings. The third-order valence-electron chi connectivity index (χ3n) is 3.41. The largest absolute Gasteiger partial charge is 0.392 e. The van der Waals surface area contributed by atoms with E-state index >= 15 is 0 Å². The molecule has 4 atom stereocenters. The number of carbonyl (C=O) groups is 1. The highest BCUT2D eigenvalue weighted by molar-refractivity contribution is 5.83. The van der Waals surface area contributed by atoms with Gasteiger partial charge in [0, 0.05) is 16.5 Å². The van der Waals surface area contributed by atoms with E-state index in [0.29, 0.717) is 12.8 Å². The van der Waals surface area contributed by atoms with Crippen LogP contribution >= 0.6 is 0 Å². The van der Waals surface area contributed by atoms with Gasteiger partial charge in [0.1, 0.15) is 5.78 Å². The molecule has 2 nitrogen and oxygen atoms in total. The number of aliphatic hydroxyl groups excluding tert-OH is 1. The fourth-order valence-corrected chi connectivity index (χ4v) is 2.34. The van der Waals surface area contributed by atoms with Crippen LogP contribution in [0.3, 0.4) is 0 Å². The van der Waals surface area contributed by atoms with Crippen LogP contribution < -0.4 is 0 Å². The smallest absolute Gasteiger partial charge is 0.138 e. The zero-order chi connectivity index (χ0) is 13.9. The third kappa shape index (κ3) is 2.91. The van der Waals surface area contributed by atoms with Crippen molar-refractivity contribution in [3.05, 3.63) is 12.2 Å². The van der Waals surface area contributed by atoms with Gasteiger partial charge in [0.25, 0.3) is 0 Å². The Morgan fingerprint density at radius 3 is 3.00 bits per heavy atom. The van der Waals surface area contributed by atoms with Crippen LogP contribution in [0.4, 0.5) is 0 Å². The summed E-state index contributed by atoms with van der Waals surface area (Å²) in [6, 6.07) is 0. The summed E-state index contributed by atoms with van der Waals surface area (Å²) in [4.78, 5) is 11.7. The zero-order valence-electron chi connectivity index (χ0n) is 12.4. The van der Waals surface area contributed by atoms with Gasteiger partial charge in [0.05, 0.1) is 6.10 Å². The molecule has 0 saturated heterocycles. The summed E-state index contributed by atoms with van der Waals surface area (Å²) in [6.07, 6.45) is 3.97. The molecular formula is C13H22O2. The molecule has 1 aliphatic carbocycles. The van der Waals surface area contributed by atoms with E-state index in [1.165, 1.54) is 6.08 Å².